The minimum absolute atomic E-state index is 0.247. The van der Waals surface area contributed by atoms with Crippen LogP contribution in [0.5, 0.6) is 5.75 Å². The number of benzene rings is 1. The maximum Gasteiger partial charge on any atom is 0.277 e. The van der Waals surface area contributed by atoms with Crippen LogP contribution in [0.4, 0.5) is 5.69 Å². The number of amides is 1. The fraction of sp³-hybridized carbons (Fsp3) is 0.526. The maximum absolute atomic E-state index is 12.5. The molecule has 2 heterocycles. The lowest BCUT2D eigenvalue weighted by molar-refractivity contribution is 0.102. The topological polar surface area (TPSA) is 81.1 Å². The average molecular weight is 355 g/mol. The second kappa shape index (κ2) is 7.86. The normalized spacial score (nSPS) is 18.8. The summed E-state index contributed by atoms with van der Waals surface area (Å²) < 4.78 is 7.81. The van der Waals surface area contributed by atoms with Crippen molar-refractivity contribution in [1.82, 2.24) is 20.3 Å². The van der Waals surface area contributed by atoms with Crippen molar-refractivity contribution in [3.8, 4) is 5.75 Å². The highest BCUT2D eigenvalue weighted by atomic mass is 16.5. The highest BCUT2D eigenvalue weighted by Crippen LogP contribution is 2.26. The molecule has 1 saturated carbocycles. The summed E-state index contributed by atoms with van der Waals surface area (Å²) in [4.78, 5) is 12.5. The molecule has 1 aromatic carbocycles. The van der Waals surface area contributed by atoms with Crippen LogP contribution in [0.2, 0.25) is 0 Å². The van der Waals surface area contributed by atoms with Gasteiger partial charge in [0, 0.05) is 11.8 Å². The first-order chi connectivity index (χ1) is 12.8. The fourth-order valence-corrected chi connectivity index (χ4v) is 3.67. The molecule has 1 aliphatic carbocycles. The van der Waals surface area contributed by atoms with Gasteiger partial charge >= 0.3 is 0 Å². The molecule has 4 rings (SSSR count). The smallest absolute Gasteiger partial charge is 0.277 e. The van der Waals surface area contributed by atoms with Crippen LogP contribution in [0.15, 0.2) is 30.5 Å². The summed E-state index contributed by atoms with van der Waals surface area (Å²) in [6.07, 6.45) is 8.72. The van der Waals surface area contributed by atoms with Gasteiger partial charge in [0.25, 0.3) is 5.91 Å². The molecule has 1 aromatic heterocycles. The van der Waals surface area contributed by atoms with Gasteiger partial charge in [-0.1, -0.05) is 11.3 Å². The van der Waals surface area contributed by atoms with E-state index in [1.807, 2.05) is 28.9 Å². The van der Waals surface area contributed by atoms with Crippen molar-refractivity contribution >= 4 is 11.6 Å². The molecule has 1 saturated heterocycles. The first kappa shape index (κ1) is 17.0. The monoisotopic (exact) mass is 355 g/mol. The van der Waals surface area contributed by atoms with Gasteiger partial charge in [0.2, 0.25) is 0 Å². The summed E-state index contributed by atoms with van der Waals surface area (Å²) in [6, 6.07) is 7.87. The Morgan fingerprint density at radius 2 is 2.00 bits per heavy atom. The van der Waals surface area contributed by atoms with Crippen LogP contribution in [0.3, 0.4) is 0 Å². The predicted octanol–water partition coefficient (Wildman–Crippen LogP) is 2.78. The van der Waals surface area contributed by atoms with Crippen molar-refractivity contribution in [1.29, 1.82) is 0 Å². The molecule has 0 radical (unpaired) electrons. The van der Waals surface area contributed by atoms with E-state index in [2.05, 4.69) is 20.9 Å². The van der Waals surface area contributed by atoms with Gasteiger partial charge in [-0.05, 0) is 63.7 Å². The lowest BCUT2D eigenvalue weighted by Crippen LogP contribution is -2.29. The maximum atomic E-state index is 12.5. The third-order valence-corrected chi connectivity index (χ3v) is 5.12. The van der Waals surface area contributed by atoms with Gasteiger partial charge in [-0.25, -0.2) is 4.68 Å². The first-order valence-corrected chi connectivity index (χ1v) is 9.48. The van der Waals surface area contributed by atoms with Gasteiger partial charge in [-0.3, -0.25) is 4.79 Å². The van der Waals surface area contributed by atoms with E-state index in [1.165, 1.54) is 12.8 Å². The Morgan fingerprint density at radius 3 is 2.81 bits per heavy atom. The Hall–Kier alpha value is -2.41. The van der Waals surface area contributed by atoms with Crippen LogP contribution in [0, 0.1) is 0 Å². The molecule has 1 aliphatic heterocycles. The van der Waals surface area contributed by atoms with Crippen molar-refractivity contribution in [2.75, 3.05) is 18.4 Å². The van der Waals surface area contributed by atoms with E-state index in [9.17, 15) is 4.79 Å². The summed E-state index contributed by atoms with van der Waals surface area (Å²) in [6.45, 7) is 1.94. The van der Waals surface area contributed by atoms with Crippen molar-refractivity contribution in [3.05, 3.63) is 36.2 Å². The van der Waals surface area contributed by atoms with Gasteiger partial charge in [-0.15, -0.1) is 5.10 Å². The molecular formula is C19H25N5O2. The third kappa shape index (κ3) is 4.04. The quantitative estimate of drug-likeness (QED) is 0.862. The molecule has 2 N–H and O–H groups in total. The molecule has 0 spiro atoms. The summed E-state index contributed by atoms with van der Waals surface area (Å²) in [5.41, 5.74) is 1.05. The van der Waals surface area contributed by atoms with Crippen LogP contribution in [0.1, 0.15) is 55.1 Å². The second-order valence-electron chi connectivity index (χ2n) is 7.07. The summed E-state index contributed by atoms with van der Waals surface area (Å²) in [7, 11) is 0. The van der Waals surface area contributed by atoms with Gasteiger partial charge < -0.3 is 15.4 Å². The number of piperidine rings is 1. The summed E-state index contributed by atoms with van der Waals surface area (Å²) >= 11 is 0. The number of ether oxygens (including phenoxy) is 1. The van der Waals surface area contributed by atoms with Gasteiger partial charge in [0.05, 0.1) is 18.3 Å². The number of carbonyl (C=O) groups excluding carboxylic acids is 1. The molecule has 2 aliphatic rings. The van der Waals surface area contributed by atoms with Crippen LogP contribution in [0.25, 0.3) is 0 Å². The lowest BCUT2D eigenvalue weighted by atomic mass is 10.1. The molecule has 0 atom stereocenters. The number of rotatable bonds is 5. The number of nitrogens with one attached hydrogen (secondary N) is 2. The first-order valence-electron chi connectivity index (χ1n) is 9.48. The molecule has 7 nitrogen and oxygen atoms in total. The minimum Gasteiger partial charge on any atom is -0.490 e. The van der Waals surface area contributed by atoms with Gasteiger partial charge in [-0.2, -0.15) is 0 Å². The number of anilines is 1. The molecule has 138 valence electrons. The average Bonchev–Trinajstić information content (AvgIpc) is 3.35. The summed E-state index contributed by atoms with van der Waals surface area (Å²) in [5, 5.41) is 14.4. The summed E-state index contributed by atoms with van der Waals surface area (Å²) in [5.74, 6) is 0.552. The third-order valence-electron chi connectivity index (χ3n) is 5.12. The fourth-order valence-electron chi connectivity index (χ4n) is 3.67. The highest BCUT2D eigenvalue weighted by Gasteiger charge is 2.19. The van der Waals surface area contributed by atoms with E-state index in [0.29, 0.717) is 23.5 Å². The van der Waals surface area contributed by atoms with Crippen LogP contribution >= 0.6 is 0 Å². The lowest BCUT2D eigenvalue weighted by Gasteiger charge is -2.22. The SMILES string of the molecule is O=C(Nc1cccc(OC2CCCC2)c1)c1cn(C2CCNCC2)nn1. The Morgan fingerprint density at radius 1 is 1.19 bits per heavy atom. The second-order valence-corrected chi connectivity index (χ2v) is 7.07. The van der Waals surface area contributed by atoms with Crippen molar-refractivity contribution in [2.24, 2.45) is 0 Å². The Bertz CT molecular complexity index is 748. The van der Waals surface area contributed by atoms with Crippen LogP contribution in [-0.2, 0) is 0 Å². The number of hydrogen-bond donors (Lipinski definition) is 2. The number of carbonyl (C=O) groups is 1. The molecule has 1 amide bonds. The molecular weight excluding hydrogens is 330 g/mol. The van der Waals surface area contributed by atoms with Crippen molar-refractivity contribution in [3.63, 3.8) is 0 Å². The van der Waals surface area contributed by atoms with Crippen LogP contribution < -0.4 is 15.4 Å². The Balaban J connectivity index is 1.39. The molecule has 0 unspecified atom stereocenters. The zero-order valence-electron chi connectivity index (χ0n) is 14.9. The van der Waals surface area contributed by atoms with Crippen molar-refractivity contribution in [2.45, 2.75) is 50.7 Å². The van der Waals surface area contributed by atoms with Gasteiger partial charge in [0.1, 0.15) is 5.75 Å². The van der Waals surface area contributed by atoms with E-state index >= 15 is 0 Å². The zero-order chi connectivity index (χ0) is 17.8. The van der Waals surface area contributed by atoms with E-state index in [4.69, 9.17) is 4.74 Å². The predicted molar refractivity (Wildman–Crippen MR) is 98.4 cm³/mol. The zero-order valence-corrected chi connectivity index (χ0v) is 14.9. The molecule has 2 fully saturated rings. The minimum atomic E-state index is -0.247. The van der Waals surface area contributed by atoms with Gasteiger partial charge in [0.15, 0.2) is 5.69 Å². The Labute approximate surface area is 153 Å². The molecule has 7 heteroatoms. The van der Waals surface area contributed by atoms with E-state index in [0.717, 1.165) is 44.5 Å². The number of aromatic nitrogens is 3. The molecule has 0 bridgehead atoms. The highest BCUT2D eigenvalue weighted by molar-refractivity contribution is 6.02. The molecule has 26 heavy (non-hydrogen) atoms. The van der Waals surface area contributed by atoms with E-state index in [-0.39, 0.29) is 5.91 Å². The van der Waals surface area contributed by atoms with Crippen molar-refractivity contribution < 1.29 is 9.53 Å². The largest absolute Gasteiger partial charge is 0.490 e. The van der Waals surface area contributed by atoms with E-state index in [1.54, 1.807) is 6.20 Å². The standard InChI is InChI=1S/C19H25N5O2/c25-19(18-13-24(23-22-18)15-8-10-20-11-9-15)21-14-4-3-7-17(12-14)26-16-5-1-2-6-16/h3-4,7,12-13,15-16,20H,1-2,5-6,8-11H2,(H,21,25). The van der Waals surface area contributed by atoms with Crippen LogP contribution in [-0.4, -0.2) is 40.1 Å². The number of hydrogen-bond acceptors (Lipinski definition) is 5. The Kier molecular flexibility index (Phi) is 5.15. The molecule has 2 aromatic rings. The number of nitrogens with zero attached hydrogens (tertiary/aromatic N) is 3. The van der Waals surface area contributed by atoms with E-state index < -0.39 is 0 Å².